The molecular formula is C16H18N2O4. The van der Waals surface area contributed by atoms with Crippen LogP contribution in [0.4, 0.5) is 0 Å². The van der Waals surface area contributed by atoms with E-state index in [0.29, 0.717) is 31.2 Å². The summed E-state index contributed by atoms with van der Waals surface area (Å²) in [7, 11) is 1.61. The largest absolute Gasteiger partial charge is 0.497 e. The van der Waals surface area contributed by atoms with Crippen molar-refractivity contribution in [3.63, 3.8) is 0 Å². The van der Waals surface area contributed by atoms with E-state index >= 15 is 0 Å². The molecule has 1 aromatic carbocycles. The van der Waals surface area contributed by atoms with Crippen LogP contribution in [-0.2, 0) is 4.74 Å². The van der Waals surface area contributed by atoms with Crippen molar-refractivity contribution >= 4 is 5.91 Å². The van der Waals surface area contributed by atoms with Gasteiger partial charge in [-0.25, -0.2) is 0 Å². The summed E-state index contributed by atoms with van der Waals surface area (Å²) in [6, 6.07) is 9.12. The van der Waals surface area contributed by atoms with Crippen LogP contribution in [0.25, 0.3) is 11.3 Å². The predicted molar refractivity (Wildman–Crippen MR) is 79.8 cm³/mol. The number of carbonyl (C=O) groups is 1. The van der Waals surface area contributed by atoms with Gasteiger partial charge in [-0.05, 0) is 31.2 Å². The highest BCUT2D eigenvalue weighted by Crippen LogP contribution is 2.24. The molecule has 1 atom stereocenters. The predicted octanol–water partition coefficient (Wildman–Crippen LogP) is 2.21. The van der Waals surface area contributed by atoms with Gasteiger partial charge in [0.05, 0.1) is 26.4 Å². The molecule has 6 nitrogen and oxygen atoms in total. The van der Waals surface area contributed by atoms with E-state index in [2.05, 4.69) is 5.16 Å². The minimum Gasteiger partial charge on any atom is -0.497 e. The van der Waals surface area contributed by atoms with Crippen molar-refractivity contribution in [1.82, 2.24) is 10.1 Å². The summed E-state index contributed by atoms with van der Waals surface area (Å²) in [6.07, 6.45) is 0. The number of hydrogen-bond acceptors (Lipinski definition) is 5. The van der Waals surface area contributed by atoms with Gasteiger partial charge in [0.15, 0.2) is 11.5 Å². The number of carbonyl (C=O) groups excluding carboxylic acids is 1. The molecule has 3 rings (SSSR count). The van der Waals surface area contributed by atoms with Gasteiger partial charge in [0.1, 0.15) is 5.75 Å². The third-order valence-electron chi connectivity index (χ3n) is 3.73. The molecule has 0 aliphatic carbocycles. The number of hydrogen-bond donors (Lipinski definition) is 0. The molecule has 116 valence electrons. The summed E-state index contributed by atoms with van der Waals surface area (Å²) in [5.41, 5.74) is 1.17. The maximum absolute atomic E-state index is 12.5. The second-order valence-electron chi connectivity index (χ2n) is 5.23. The van der Waals surface area contributed by atoms with Crippen LogP contribution in [0, 0.1) is 0 Å². The van der Waals surface area contributed by atoms with Crippen LogP contribution < -0.4 is 4.74 Å². The van der Waals surface area contributed by atoms with Crippen LogP contribution in [0.2, 0.25) is 0 Å². The molecule has 2 heterocycles. The third-order valence-corrected chi connectivity index (χ3v) is 3.73. The van der Waals surface area contributed by atoms with Crippen molar-refractivity contribution in [2.75, 3.05) is 26.9 Å². The molecule has 0 spiro atoms. The third kappa shape index (κ3) is 2.82. The molecule has 0 bridgehead atoms. The van der Waals surface area contributed by atoms with Crippen molar-refractivity contribution in [3.8, 4) is 17.1 Å². The fraction of sp³-hybridized carbons (Fsp3) is 0.375. The SMILES string of the molecule is COc1ccc(-c2cc(C(=O)N3CCOCC3C)no2)cc1. The molecule has 0 saturated carbocycles. The van der Waals surface area contributed by atoms with E-state index in [1.165, 1.54) is 0 Å². The van der Waals surface area contributed by atoms with Gasteiger partial charge in [-0.2, -0.15) is 0 Å². The Morgan fingerprint density at radius 2 is 2.14 bits per heavy atom. The summed E-state index contributed by atoms with van der Waals surface area (Å²) in [4.78, 5) is 14.2. The second kappa shape index (κ2) is 6.19. The number of morpholine rings is 1. The highest BCUT2D eigenvalue weighted by molar-refractivity contribution is 5.93. The average Bonchev–Trinajstić information content (AvgIpc) is 3.05. The lowest BCUT2D eigenvalue weighted by Gasteiger charge is -2.32. The van der Waals surface area contributed by atoms with Crippen LogP contribution >= 0.6 is 0 Å². The molecule has 6 heteroatoms. The highest BCUT2D eigenvalue weighted by Gasteiger charge is 2.27. The number of nitrogens with zero attached hydrogens (tertiary/aromatic N) is 2. The fourth-order valence-corrected chi connectivity index (χ4v) is 2.44. The van der Waals surface area contributed by atoms with Gasteiger partial charge < -0.3 is 18.9 Å². The first-order chi connectivity index (χ1) is 10.7. The van der Waals surface area contributed by atoms with Gasteiger partial charge in [0.25, 0.3) is 5.91 Å². The van der Waals surface area contributed by atoms with E-state index in [1.54, 1.807) is 18.1 Å². The summed E-state index contributed by atoms with van der Waals surface area (Å²) in [6.45, 7) is 3.64. The second-order valence-corrected chi connectivity index (χ2v) is 5.23. The molecule has 1 unspecified atom stereocenters. The first-order valence-electron chi connectivity index (χ1n) is 7.19. The molecule has 1 fully saturated rings. The lowest BCUT2D eigenvalue weighted by Crippen LogP contribution is -2.47. The van der Waals surface area contributed by atoms with E-state index < -0.39 is 0 Å². The zero-order chi connectivity index (χ0) is 15.5. The maximum atomic E-state index is 12.5. The Kier molecular flexibility index (Phi) is 4.11. The van der Waals surface area contributed by atoms with Gasteiger partial charge in [-0.15, -0.1) is 0 Å². The van der Waals surface area contributed by atoms with Crippen LogP contribution in [0.5, 0.6) is 5.75 Å². The number of ether oxygens (including phenoxy) is 2. The fourth-order valence-electron chi connectivity index (χ4n) is 2.44. The lowest BCUT2D eigenvalue weighted by molar-refractivity contribution is 0.00307. The Morgan fingerprint density at radius 3 is 2.82 bits per heavy atom. The van der Waals surface area contributed by atoms with Crippen molar-refractivity contribution in [1.29, 1.82) is 0 Å². The molecular weight excluding hydrogens is 284 g/mol. The first-order valence-corrected chi connectivity index (χ1v) is 7.19. The monoisotopic (exact) mass is 302 g/mol. The summed E-state index contributed by atoms with van der Waals surface area (Å²) in [5.74, 6) is 1.20. The van der Waals surface area contributed by atoms with Gasteiger partial charge in [0, 0.05) is 18.2 Å². The Bertz CT molecular complexity index is 650. The van der Waals surface area contributed by atoms with E-state index in [0.717, 1.165) is 11.3 Å². The maximum Gasteiger partial charge on any atom is 0.276 e. The number of methoxy groups -OCH3 is 1. The summed E-state index contributed by atoms with van der Waals surface area (Å²) < 4.78 is 15.8. The molecule has 1 aliphatic rings. The Hall–Kier alpha value is -2.34. The van der Waals surface area contributed by atoms with Gasteiger partial charge in [-0.3, -0.25) is 4.79 Å². The van der Waals surface area contributed by atoms with Crippen molar-refractivity contribution in [2.45, 2.75) is 13.0 Å². The molecule has 22 heavy (non-hydrogen) atoms. The number of aromatic nitrogens is 1. The van der Waals surface area contributed by atoms with Crippen molar-refractivity contribution < 1.29 is 18.8 Å². The normalized spacial score (nSPS) is 18.3. The highest BCUT2D eigenvalue weighted by atomic mass is 16.5. The topological polar surface area (TPSA) is 64.8 Å². The van der Waals surface area contributed by atoms with E-state index in [-0.39, 0.29) is 11.9 Å². The average molecular weight is 302 g/mol. The Balaban J connectivity index is 1.79. The van der Waals surface area contributed by atoms with Gasteiger partial charge in [-0.1, -0.05) is 5.16 Å². The zero-order valence-corrected chi connectivity index (χ0v) is 12.6. The Labute approximate surface area is 128 Å². The summed E-state index contributed by atoms with van der Waals surface area (Å²) in [5, 5.41) is 3.91. The van der Waals surface area contributed by atoms with E-state index in [9.17, 15) is 4.79 Å². The molecule has 0 radical (unpaired) electrons. The smallest absolute Gasteiger partial charge is 0.276 e. The van der Waals surface area contributed by atoms with Crippen molar-refractivity contribution in [3.05, 3.63) is 36.0 Å². The van der Waals surface area contributed by atoms with Crippen molar-refractivity contribution in [2.24, 2.45) is 0 Å². The van der Waals surface area contributed by atoms with E-state index in [4.69, 9.17) is 14.0 Å². The standard InChI is InChI=1S/C16H18N2O4/c1-11-10-21-8-7-18(11)16(19)14-9-15(22-17-14)12-3-5-13(20-2)6-4-12/h3-6,9,11H,7-8,10H2,1-2H3. The summed E-state index contributed by atoms with van der Waals surface area (Å²) >= 11 is 0. The number of benzene rings is 1. The van der Waals surface area contributed by atoms with Gasteiger partial charge >= 0.3 is 0 Å². The number of amides is 1. The molecule has 1 saturated heterocycles. The van der Waals surface area contributed by atoms with Crippen LogP contribution in [-0.4, -0.2) is 48.9 Å². The Morgan fingerprint density at radius 1 is 1.36 bits per heavy atom. The van der Waals surface area contributed by atoms with Gasteiger partial charge in [0.2, 0.25) is 0 Å². The quantitative estimate of drug-likeness (QED) is 0.869. The van der Waals surface area contributed by atoms with E-state index in [1.807, 2.05) is 31.2 Å². The number of rotatable bonds is 3. The zero-order valence-electron chi connectivity index (χ0n) is 12.6. The lowest BCUT2D eigenvalue weighted by atomic mass is 10.1. The van der Waals surface area contributed by atoms with Crippen LogP contribution in [0.1, 0.15) is 17.4 Å². The van der Waals surface area contributed by atoms with Crippen LogP contribution in [0.15, 0.2) is 34.9 Å². The molecule has 1 amide bonds. The first kappa shape index (κ1) is 14.6. The van der Waals surface area contributed by atoms with Crippen LogP contribution in [0.3, 0.4) is 0 Å². The molecule has 1 aromatic heterocycles. The minimum atomic E-state index is -0.126. The minimum absolute atomic E-state index is 0.0439. The molecule has 0 N–H and O–H groups in total. The molecule has 2 aromatic rings. The molecule has 1 aliphatic heterocycles.